The minimum absolute atomic E-state index is 0.0364. The van der Waals surface area contributed by atoms with Gasteiger partial charge in [0, 0.05) is 21.8 Å². The molecule has 0 saturated heterocycles. The monoisotopic (exact) mass is 355 g/mol. The molecular formula is C23H14ClNO. The van der Waals surface area contributed by atoms with Crippen LogP contribution >= 0.6 is 11.6 Å². The van der Waals surface area contributed by atoms with Gasteiger partial charge in [-0.05, 0) is 35.0 Å². The first-order valence-corrected chi connectivity index (χ1v) is 8.83. The molecule has 0 bridgehead atoms. The Morgan fingerprint density at radius 1 is 0.654 bits per heavy atom. The Labute approximate surface area is 154 Å². The number of hydrogen-bond donors (Lipinski definition) is 0. The molecule has 4 aromatic carbocycles. The maximum absolute atomic E-state index is 13.3. The van der Waals surface area contributed by atoms with E-state index in [1.807, 2.05) is 78.9 Å². The van der Waals surface area contributed by atoms with Gasteiger partial charge in [0.15, 0.2) is 0 Å². The highest BCUT2D eigenvalue weighted by Crippen LogP contribution is 2.35. The lowest BCUT2D eigenvalue weighted by molar-refractivity contribution is 1.06. The molecule has 0 aliphatic heterocycles. The fourth-order valence-electron chi connectivity index (χ4n) is 3.73. The molecule has 0 aliphatic rings. The molecule has 0 saturated carbocycles. The maximum Gasteiger partial charge on any atom is 0.263 e. The Bertz CT molecular complexity index is 1350. The molecule has 0 fully saturated rings. The van der Waals surface area contributed by atoms with Gasteiger partial charge in [0.25, 0.3) is 5.56 Å². The number of halogens is 1. The van der Waals surface area contributed by atoms with E-state index in [1.54, 1.807) is 4.57 Å². The van der Waals surface area contributed by atoms with Gasteiger partial charge < -0.3 is 0 Å². The number of para-hydroxylation sites is 1. The summed E-state index contributed by atoms with van der Waals surface area (Å²) in [6.07, 6.45) is 0. The number of hydrogen-bond acceptors (Lipinski definition) is 1. The zero-order chi connectivity index (χ0) is 17.7. The van der Waals surface area contributed by atoms with Gasteiger partial charge in [0.2, 0.25) is 0 Å². The Morgan fingerprint density at radius 2 is 1.19 bits per heavy atom. The Balaban J connectivity index is 2.15. The first-order valence-electron chi connectivity index (χ1n) is 8.46. The molecule has 26 heavy (non-hydrogen) atoms. The third-order valence-electron chi connectivity index (χ3n) is 4.86. The van der Waals surface area contributed by atoms with Crippen LogP contribution < -0.4 is 5.56 Å². The topological polar surface area (TPSA) is 22.0 Å². The van der Waals surface area contributed by atoms with Crippen LogP contribution in [0.1, 0.15) is 0 Å². The highest BCUT2D eigenvalue weighted by atomic mass is 35.5. The lowest BCUT2D eigenvalue weighted by atomic mass is 9.99. The Kier molecular flexibility index (Phi) is 3.34. The smallest absolute Gasteiger partial charge is 0.263 e. The number of rotatable bonds is 1. The number of fused-ring (bicyclic) bond motifs is 5. The van der Waals surface area contributed by atoms with Gasteiger partial charge in [-0.2, -0.15) is 0 Å². The molecule has 0 unspecified atom stereocenters. The van der Waals surface area contributed by atoms with Crippen LogP contribution in [0.5, 0.6) is 0 Å². The van der Waals surface area contributed by atoms with Gasteiger partial charge in [-0.1, -0.05) is 72.3 Å². The van der Waals surface area contributed by atoms with Crippen molar-refractivity contribution in [3.8, 4) is 5.69 Å². The van der Waals surface area contributed by atoms with Crippen molar-refractivity contribution in [1.82, 2.24) is 4.57 Å². The highest BCUT2D eigenvalue weighted by Gasteiger charge is 2.15. The SMILES string of the molecule is O=c1c2ccccc2c2c3ccccc3c(Cl)cc2n1-c1ccccc1. The molecule has 2 nitrogen and oxygen atoms in total. The zero-order valence-electron chi connectivity index (χ0n) is 13.8. The molecule has 1 aromatic heterocycles. The number of pyridine rings is 1. The summed E-state index contributed by atoms with van der Waals surface area (Å²) < 4.78 is 1.76. The molecule has 1 heterocycles. The van der Waals surface area contributed by atoms with E-state index in [-0.39, 0.29) is 5.56 Å². The second-order valence-corrected chi connectivity index (χ2v) is 6.73. The number of aromatic nitrogens is 1. The van der Waals surface area contributed by atoms with E-state index in [2.05, 4.69) is 6.07 Å². The molecular weight excluding hydrogens is 342 g/mol. The van der Waals surface area contributed by atoms with E-state index in [0.717, 1.165) is 32.7 Å². The van der Waals surface area contributed by atoms with Crippen LogP contribution in [0.4, 0.5) is 0 Å². The largest absolute Gasteiger partial charge is 0.276 e. The lowest BCUT2D eigenvalue weighted by Gasteiger charge is -2.16. The summed E-state index contributed by atoms with van der Waals surface area (Å²) in [5.74, 6) is 0. The summed E-state index contributed by atoms with van der Waals surface area (Å²) >= 11 is 6.58. The summed E-state index contributed by atoms with van der Waals surface area (Å²) in [5.41, 5.74) is 1.62. The predicted octanol–water partition coefficient (Wildman–Crippen LogP) is 5.95. The Morgan fingerprint density at radius 3 is 1.88 bits per heavy atom. The van der Waals surface area contributed by atoms with Crippen molar-refractivity contribution < 1.29 is 0 Å². The first kappa shape index (κ1) is 15.2. The molecule has 0 atom stereocenters. The van der Waals surface area contributed by atoms with Crippen LogP contribution in [0.25, 0.3) is 38.1 Å². The minimum Gasteiger partial charge on any atom is -0.276 e. The summed E-state index contributed by atoms with van der Waals surface area (Å²) in [4.78, 5) is 13.3. The van der Waals surface area contributed by atoms with E-state index in [4.69, 9.17) is 11.6 Å². The van der Waals surface area contributed by atoms with E-state index in [1.165, 1.54) is 0 Å². The minimum atomic E-state index is -0.0364. The molecule has 5 aromatic rings. The predicted molar refractivity (Wildman–Crippen MR) is 110 cm³/mol. The fraction of sp³-hybridized carbons (Fsp3) is 0. The molecule has 124 valence electrons. The van der Waals surface area contributed by atoms with Crippen molar-refractivity contribution in [2.24, 2.45) is 0 Å². The van der Waals surface area contributed by atoms with Gasteiger partial charge in [-0.3, -0.25) is 9.36 Å². The van der Waals surface area contributed by atoms with Gasteiger partial charge >= 0.3 is 0 Å². The van der Waals surface area contributed by atoms with Crippen molar-refractivity contribution in [3.63, 3.8) is 0 Å². The van der Waals surface area contributed by atoms with E-state index in [9.17, 15) is 4.79 Å². The molecule has 0 N–H and O–H groups in total. The number of nitrogens with zero attached hydrogens (tertiary/aromatic N) is 1. The lowest BCUT2D eigenvalue weighted by Crippen LogP contribution is -2.19. The van der Waals surface area contributed by atoms with Gasteiger partial charge in [-0.25, -0.2) is 0 Å². The summed E-state index contributed by atoms with van der Waals surface area (Å²) in [7, 11) is 0. The van der Waals surface area contributed by atoms with Crippen LogP contribution in [0, 0.1) is 0 Å². The molecule has 3 heteroatoms. The fourth-order valence-corrected chi connectivity index (χ4v) is 4.00. The third-order valence-corrected chi connectivity index (χ3v) is 5.17. The van der Waals surface area contributed by atoms with Gasteiger partial charge in [-0.15, -0.1) is 0 Å². The number of benzene rings is 4. The quantitative estimate of drug-likeness (QED) is 0.340. The normalized spacial score (nSPS) is 11.4. The summed E-state index contributed by atoms with van der Waals surface area (Å²) in [5, 5.41) is 5.39. The molecule has 5 rings (SSSR count). The van der Waals surface area contributed by atoms with Crippen LogP contribution in [-0.4, -0.2) is 4.57 Å². The maximum atomic E-state index is 13.3. The van der Waals surface area contributed by atoms with Crippen LogP contribution in [-0.2, 0) is 0 Å². The molecule has 0 spiro atoms. The molecule has 0 radical (unpaired) electrons. The van der Waals surface area contributed by atoms with Crippen molar-refractivity contribution in [1.29, 1.82) is 0 Å². The van der Waals surface area contributed by atoms with Crippen molar-refractivity contribution in [2.45, 2.75) is 0 Å². The third kappa shape index (κ3) is 2.09. The highest BCUT2D eigenvalue weighted by molar-refractivity contribution is 6.38. The van der Waals surface area contributed by atoms with Crippen LogP contribution in [0.3, 0.4) is 0 Å². The summed E-state index contributed by atoms with van der Waals surface area (Å²) in [6.45, 7) is 0. The first-order chi connectivity index (χ1) is 12.8. The van der Waals surface area contributed by atoms with Crippen LogP contribution in [0.15, 0.2) is 89.7 Å². The van der Waals surface area contributed by atoms with E-state index >= 15 is 0 Å². The van der Waals surface area contributed by atoms with E-state index < -0.39 is 0 Å². The van der Waals surface area contributed by atoms with Crippen LogP contribution in [0.2, 0.25) is 5.02 Å². The van der Waals surface area contributed by atoms with Crippen molar-refractivity contribution >= 4 is 44.0 Å². The summed E-state index contributed by atoms with van der Waals surface area (Å²) in [6, 6.07) is 27.4. The molecule has 0 amide bonds. The average Bonchev–Trinajstić information content (AvgIpc) is 2.69. The average molecular weight is 356 g/mol. The van der Waals surface area contributed by atoms with Crippen molar-refractivity contribution in [2.75, 3.05) is 0 Å². The van der Waals surface area contributed by atoms with Crippen molar-refractivity contribution in [3.05, 3.63) is 100 Å². The zero-order valence-corrected chi connectivity index (χ0v) is 14.6. The second kappa shape index (κ2) is 5.72. The van der Waals surface area contributed by atoms with Gasteiger partial charge in [0.1, 0.15) is 0 Å². The molecule has 0 aliphatic carbocycles. The standard InChI is InChI=1S/C23H14ClNO/c24-20-14-21-22(17-11-5-4-10-16(17)20)18-12-6-7-13-19(18)23(26)25(21)15-8-2-1-3-9-15/h1-14H. The second-order valence-electron chi connectivity index (χ2n) is 6.32. The van der Waals surface area contributed by atoms with E-state index in [0.29, 0.717) is 10.4 Å². The Hall–Kier alpha value is -3.10. The van der Waals surface area contributed by atoms with Gasteiger partial charge in [0.05, 0.1) is 10.5 Å².